The van der Waals surface area contributed by atoms with Crippen LogP contribution in [0.25, 0.3) is 0 Å². The first-order valence-electron chi connectivity index (χ1n) is 4.90. The van der Waals surface area contributed by atoms with Crippen molar-refractivity contribution in [3.63, 3.8) is 0 Å². The summed E-state index contributed by atoms with van der Waals surface area (Å²) >= 11 is 0. The van der Waals surface area contributed by atoms with Gasteiger partial charge in [-0.05, 0) is 30.0 Å². The highest BCUT2D eigenvalue weighted by Gasteiger charge is 2.37. The Labute approximate surface area is 80.2 Å². The molecule has 0 saturated carbocycles. The third-order valence-corrected chi connectivity index (χ3v) is 3.08. The monoisotopic (exact) mass is 175 g/mol. The average molecular weight is 175 g/mol. The van der Waals surface area contributed by atoms with Gasteiger partial charge in [0.2, 0.25) is 0 Å². The predicted molar refractivity (Wildman–Crippen MR) is 55.7 cm³/mol. The fourth-order valence-corrected chi connectivity index (χ4v) is 2.54. The third kappa shape index (κ3) is 1.28. The number of nitrogens with one attached hydrogen (secondary N) is 1. The fourth-order valence-electron chi connectivity index (χ4n) is 2.54. The van der Waals surface area contributed by atoms with Crippen LogP contribution in [-0.4, -0.2) is 7.05 Å². The summed E-state index contributed by atoms with van der Waals surface area (Å²) in [5.41, 5.74) is 3.35. The van der Waals surface area contributed by atoms with Gasteiger partial charge in [0.1, 0.15) is 0 Å². The molecule has 0 aliphatic heterocycles. The van der Waals surface area contributed by atoms with Crippen LogP contribution in [0.3, 0.4) is 0 Å². The summed E-state index contributed by atoms with van der Waals surface area (Å²) in [6.07, 6.45) is 1.19. The van der Waals surface area contributed by atoms with Gasteiger partial charge in [-0.2, -0.15) is 0 Å². The molecule has 70 valence electrons. The minimum atomic E-state index is 0.360. The molecule has 0 bridgehead atoms. The Morgan fingerprint density at radius 1 is 1.31 bits per heavy atom. The van der Waals surface area contributed by atoms with Gasteiger partial charge >= 0.3 is 0 Å². The molecule has 2 rings (SSSR count). The van der Waals surface area contributed by atoms with Crippen LogP contribution in [0.2, 0.25) is 0 Å². The predicted octanol–water partition coefficient (Wildman–Crippen LogP) is 2.53. The highest BCUT2D eigenvalue weighted by Crippen LogP contribution is 2.44. The zero-order valence-corrected chi connectivity index (χ0v) is 8.59. The van der Waals surface area contributed by atoms with Crippen molar-refractivity contribution < 1.29 is 0 Å². The van der Waals surface area contributed by atoms with E-state index in [1.807, 2.05) is 0 Å². The molecule has 0 spiro atoms. The molecular weight excluding hydrogens is 158 g/mol. The van der Waals surface area contributed by atoms with Gasteiger partial charge in [-0.25, -0.2) is 0 Å². The molecule has 1 nitrogen and oxygen atoms in total. The first kappa shape index (κ1) is 8.76. The van der Waals surface area contributed by atoms with E-state index in [2.05, 4.69) is 50.5 Å². The molecule has 1 atom stereocenters. The van der Waals surface area contributed by atoms with Gasteiger partial charge in [0.05, 0.1) is 0 Å². The number of hydrogen-bond acceptors (Lipinski definition) is 1. The second kappa shape index (κ2) is 2.85. The minimum Gasteiger partial charge on any atom is -0.313 e. The first-order chi connectivity index (χ1) is 6.15. The van der Waals surface area contributed by atoms with Gasteiger partial charge < -0.3 is 5.32 Å². The van der Waals surface area contributed by atoms with Crippen molar-refractivity contribution in [1.29, 1.82) is 0 Å². The molecular formula is C12H17N. The molecule has 1 aromatic rings. The lowest BCUT2D eigenvalue weighted by molar-refractivity contribution is 0.283. The highest BCUT2D eigenvalue weighted by molar-refractivity contribution is 5.37. The van der Waals surface area contributed by atoms with Crippen LogP contribution in [0.1, 0.15) is 31.0 Å². The molecule has 0 radical (unpaired) electrons. The van der Waals surface area contributed by atoms with E-state index in [0.717, 1.165) is 0 Å². The van der Waals surface area contributed by atoms with Crippen LogP contribution in [-0.2, 0) is 6.42 Å². The second-order valence-corrected chi connectivity index (χ2v) is 4.59. The smallest absolute Gasteiger partial charge is 0.0375 e. The van der Waals surface area contributed by atoms with Crippen molar-refractivity contribution in [2.24, 2.45) is 5.41 Å². The topological polar surface area (TPSA) is 12.0 Å². The Balaban J connectivity index is 2.46. The normalized spacial score (nSPS) is 24.4. The van der Waals surface area contributed by atoms with Gasteiger partial charge in [0.15, 0.2) is 0 Å². The molecule has 0 amide bonds. The van der Waals surface area contributed by atoms with Crippen LogP contribution in [0, 0.1) is 5.41 Å². The van der Waals surface area contributed by atoms with Gasteiger partial charge in [-0.1, -0.05) is 38.1 Å². The van der Waals surface area contributed by atoms with Crippen molar-refractivity contribution in [1.82, 2.24) is 5.32 Å². The Bertz CT molecular complexity index is 315. The van der Waals surface area contributed by atoms with Gasteiger partial charge in [0.25, 0.3) is 0 Å². The molecule has 0 saturated heterocycles. The summed E-state index contributed by atoms with van der Waals surface area (Å²) in [5.74, 6) is 0. The Morgan fingerprint density at radius 3 is 2.69 bits per heavy atom. The fraction of sp³-hybridized carbons (Fsp3) is 0.500. The molecule has 13 heavy (non-hydrogen) atoms. The van der Waals surface area contributed by atoms with Crippen LogP contribution in [0.4, 0.5) is 0 Å². The van der Waals surface area contributed by atoms with Crippen molar-refractivity contribution >= 4 is 0 Å². The summed E-state index contributed by atoms with van der Waals surface area (Å²) in [4.78, 5) is 0. The van der Waals surface area contributed by atoms with Crippen LogP contribution in [0.5, 0.6) is 0 Å². The zero-order chi connectivity index (χ0) is 9.47. The second-order valence-electron chi connectivity index (χ2n) is 4.59. The third-order valence-electron chi connectivity index (χ3n) is 3.08. The maximum atomic E-state index is 3.41. The van der Waals surface area contributed by atoms with E-state index >= 15 is 0 Å². The number of fused-ring (bicyclic) bond motifs is 1. The van der Waals surface area contributed by atoms with Gasteiger partial charge in [-0.3, -0.25) is 0 Å². The number of benzene rings is 1. The maximum Gasteiger partial charge on any atom is 0.0375 e. The largest absolute Gasteiger partial charge is 0.313 e. The van der Waals surface area contributed by atoms with E-state index in [-0.39, 0.29) is 0 Å². The van der Waals surface area contributed by atoms with Crippen molar-refractivity contribution in [3.8, 4) is 0 Å². The lowest BCUT2D eigenvalue weighted by Crippen LogP contribution is -2.28. The molecule has 1 N–H and O–H groups in total. The molecule has 1 aliphatic rings. The minimum absolute atomic E-state index is 0.360. The number of rotatable bonds is 1. The molecule has 1 unspecified atom stereocenters. The van der Waals surface area contributed by atoms with Gasteiger partial charge in [-0.15, -0.1) is 0 Å². The van der Waals surface area contributed by atoms with Gasteiger partial charge in [0, 0.05) is 6.04 Å². The standard InChI is InChI=1S/C12H17N/c1-12(2)8-9-6-4-5-7-10(9)11(12)13-3/h4-7,11,13H,8H2,1-3H3. The Morgan fingerprint density at radius 2 is 2.00 bits per heavy atom. The quantitative estimate of drug-likeness (QED) is 0.691. The van der Waals surface area contributed by atoms with Crippen molar-refractivity contribution in [3.05, 3.63) is 35.4 Å². The maximum absolute atomic E-state index is 3.41. The molecule has 0 aromatic heterocycles. The highest BCUT2D eigenvalue weighted by atomic mass is 14.9. The lowest BCUT2D eigenvalue weighted by Gasteiger charge is -2.26. The Kier molecular flexibility index (Phi) is 1.92. The SMILES string of the molecule is CNC1c2ccccc2CC1(C)C. The molecule has 1 aromatic carbocycles. The summed E-state index contributed by atoms with van der Waals surface area (Å²) in [6, 6.07) is 9.26. The summed E-state index contributed by atoms with van der Waals surface area (Å²) in [5, 5.41) is 3.41. The van der Waals surface area contributed by atoms with E-state index in [1.54, 1.807) is 0 Å². The average Bonchev–Trinajstić information content (AvgIpc) is 2.33. The van der Waals surface area contributed by atoms with E-state index in [9.17, 15) is 0 Å². The van der Waals surface area contributed by atoms with Crippen molar-refractivity contribution in [2.45, 2.75) is 26.3 Å². The molecule has 0 fully saturated rings. The van der Waals surface area contributed by atoms with E-state index in [4.69, 9.17) is 0 Å². The van der Waals surface area contributed by atoms with E-state index in [0.29, 0.717) is 11.5 Å². The van der Waals surface area contributed by atoms with E-state index < -0.39 is 0 Å². The van der Waals surface area contributed by atoms with E-state index in [1.165, 1.54) is 17.5 Å². The lowest BCUT2D eigenvalue weighted by atomic mass is 9.85. The van der Waals surface area contributed by atoms with Crippen LogP contribution >= 0.6 is 0 Å². The molecule has 1 heteroatoms. The summed E-state index contributed by atoms with van der Waals surface area (Å²) < 4.78 is 0. The summed E-state index contributed by atoms with van der Waals surface area (Å²) in [7, 11) is 2.05. The van der Waals surface area contributed by atoms with Crippen LogP contribution in [0.15, 0.2) is 24.3 Å². The number of hydrogen-bond donors (Lipinski definition) is 1. The van der Waals surface area contributed by atoms with Crippen molar-refractivity contribution in [2.75, 3.05) is 7.05 Å². The van der Waals surface area contributed by atoms with Crippen LogP contribution < -0.4 is 5.32 Å². The zero-order valence-electron chi connectivity index (χ0n) is 8.59. The first-order valence-corrected chi connectivity index (χ1v) is 4.90. The molecule has 1 aliphatic carbocycles. The molecule has 0 heterocycles. The summed E-state index contributed by atoms with van der Waals surface area (Å²) in [6.45, 7) is 4.66. The Hall–Kier alpha value is -0.820.